The third kappa shape index (κ3) is 3.87. The normalized spacial score (nSPS) is 10.4. The number of hydrogen-bond donors (Lipinski definition) is 1. The van der Waals surface area contributed by atoms with Crippen molar-refractivity contribution in [1.29, 1.82) is 5.26 Å². The Kier molecular flexibility index (Phi) is 5.98. The van der Waals surface area contributed by atoms with Gasteiger partial charge in [-0.25, -0.2) is 0 Å². The molecule has 0 spiro atoms. The summed E-state index contributed by atoms with van der Waals surface area (Å²) in [6.45, 7) is 4.99. The average Bonchev–Trinajstić information content (AvgIpc) is 3.12. The Balaban J connectivity index is 1.97. The molecule has 1 N–H and O–H groups in total. The van der Waals surface area contributed by atoms with Crippen LogP contribution in [0.15, 0.2) is 16.6 Å². The molecular weight excluding hydrogens is 318 g/mol. The van der Waals surface area contributed by atoms with E-state index >= 15 is 0 Å². The molecule has 8 heteroatoms. The SMILES string of the molecule is CCCn1c(CC)nnc1SCC(=O)Nc1sccc1C#N. The Bertz CT molecular complexity index is 686. The highest BCUT2D eigenvalue weighted by atomic mass is 32.2. The molecule has 0 aliphatic carbocycles. The lowest BCUT2D eigenvalue weighted by molar-refractivity contribution is -0.113. The third-order valence-corrected chi connectivity index (χ3v) is 4.72. The number of anilines is 1. The Morgan fingerprint density at radius 3 is 3.00 bits per heavy atom. The van der Waals surface area contributed by atoms with Crippen molar-refractivity contribution >= 4 is 34.0 Å². The first kappa shape index (κ1) is 16.5. The summed E-state index contributed by atoms with van der Waals surface area (Å²) in [4.78, 5) is 12.0. The number of amides is 1. The molecule has 0 atom stereocenters. The van der Waals surface area contributed by atoms with Crippen LogP contribution in [0.5, 0.6) is 0 Å². The number of nitriles is 1. The first-order chi connectivity index (χ1) is 10.7. The lowest BCUT2D eigenvalue weighted by Gasteiger charge is -2.07. The van der Waals surface area contributed by atoms with E-state index in [1.807, 2.05) is 6.92 Å². The lowest BCUT2D eigenvalue weighted by atomic mass is 10.3. The summed E-state index contributed by atoms with van der Waals surface area (Å²) >= 11 is 2.71. The van der Waals surface area contributed by atoms with E-state index in [0.717, 1.165) is 30.4 Å². The second-order valence-corrected chi connectivity index (χ2v) is 6.37. The standard InChI is InChI=1S/C14H17N5OS2/c1-3-6-19-11(4-2)17-18-14(19)22-9-12(20)16-13-10(8-15)5-7-21-13/h5,7H,3-4,6,9H2,1-2H3,(H,16,20). The lowest BCUT2D eigenvalue weighted by Crippen LogP contribution is -2.14. The number of carbonyl (C=O) groups excluding carboxylic acids is 1. The second kappa shape index (κ2) is 7.96. The fraction of sp³-hybridized carbons (Fsp3) is 0.429. The van der Waals surface area contributed by atoms with E-state index in [9.17, 15) is 4.79 Å². The van der Waals surface area contributed by atoms with E-state index in [1.165, 1.54) is 23.1 Å². The van der Waals surface area contributed by atoms with Crippen molar-refractivity contribution in [3.63, 3.8) is 0 Å². The molecule has 0 aromatic carbocycles. The molecule has 0 bridgehead atoms. The van der Waals surface area contributed by atoms with Gasteiger partial charge in [0.25, 0.3) is 0 Å². The van der Waals surface area contributed by atoms with Crippen LogP contribution in [-0.2, 0) is 17.8 Å². The summed E-state index contributed by atoms with van der Waals surface area (Å²) in [6.07, 6.45) is 1.81. The van der Waals surface area contributed by atoms with Crippen LogP contribution in [0.2, 0.25) is 0 Å². The number of thiophene rings is 1. The minimum Gasteiger partial charge on any atom is -0.316 e. The highest BCUT2D eigenvalue weighted by Gasteiger charge is 2.13. The molecule has 2 aromatic rings. The van der Waals surface area contributed by atoms with Gasteiger partial charge in [-0.1, -0.05) is 25.6 Å². The molecule has 0 aliphatic rings. The van der Waals surface area contributed by atoms with E-state index in [0.29, 0.717) is 10.6 Å². The van der Waals surface area contributed by atoms with Crippen LogP contribution in [0, 0.1) is 11.3 Å². The second-order valence-electron chi connectivity index (χ2n) is 4.52. The quantitative estimate of drug-likeness (QED) is 0.787. The van der Waals surface area contributed by atoms with E-state index in [1.54, 1.807) is 11.4 Å². The van der Waals surface area contributed by atoms with Crippen molar-refractivity contribution in [2.75, 3.05) is 11.1 Å². The predicted octanol–water partition coefficient (Wildman–Crippen LogP) is 2.91. The average molecular weight is 335 g/mol. The van der Waals surface area contributed by atoms with Crippen LogP contribution in [0.1, 0.15) is 31.7 Å². The van der Waals surface area contributed by atoms with Crippen LogP contribution in [0.3, 0.4) is 0 Å². The molecule has 22 heavy (non-hydrogen) atoms. The van der Waals surface area contributed by atoms with Gasteiger partial charge in [-0.3, -0.25) is 4.79 Å². The monoisotopic (exact) mass is 335 g/mol. The van der Waals surface area contributed by atoms with Gasteiger partial charge < -0.3 is 9.88 Å². The van der Waals surface area contributed by atoms with Crippen molar-refractivity contribution in [3.05, 3.63) is 22.8 Å². The van der Waals surface area contributed by atoms with Crippen LogP contribution >= 0.6 is 23.1 Å². The number of carbonyl (C=O) groups is 1. The summed E-state index contributed by atoms with van der Waals surface area (Å²) in [5, 5.41) is 23.1. The number of nitrogens with zero attached hydrogens (tertiary/aromatic N) is 4. The van der Waals surface area contributed by atoms with Crippen LogP contribution < -0.4 is 5.32 Å². The van der Waals surface area contributed by atoms with Crippen LogP contribution in [0.4, 0.5) is 5.00 Å². The number of aryl methyl sites for hydroxylation is 1. The Morgan fingerprint density at radius 1 is 1.50 bits per heavy atom. The largest absolute Gasteiger partial charge is 0.316 e. The van der Waals surface area contributed by atoms with Crippen molar-refractivity contribution < 1.29 is 4.79 Å². The van der Waals surface area contributed by atoms with E-state index in [2.05, 4.69) is 33.1 Å². The van der Waals surface area contributed by atoms with Crippen molar-refractivity contribution in [3.8, 4) is 6.07 Å². The Morgan fingerprint density at radius 2 is 2.32 bits per heavy atom. The highest BCUT2D eigenvalue weighted by Crippen LogP contribution is 2.23. The zero-order valence-electron chi connectivity index (χ0n) is 12.5. The molecule has 2 aromatic heterocycles. The van der Waals surface area contributed by atoms with Crippen molar-refractivity contribution in [2.24, 2.45) is 0 Å². The molecule has 2 rings (SSSR count). The number of aromatic nitrogens is 3. The summed E-state index contributed by atoms with van der Waals surface area (Å²) < 4.78 is 2.06. The topological polar surface area (TPSA) is 83.6 Å². The van der Waals surface area contributed by atoms with E-state index in [4.69, 9.17) is 5.26 Å². The minimum absolute atomic E-state index is 0.145. The van der Waals surface area contributed by atoms with Gasteiger partial charge in [-0.2, -0.15) is 5.26 Å². The summed E-state index contributed by atoms with van der Waals surface area (Å²) in [6, 6.07) is 3.75. The van der Waals surface area contributed by atoms with E-state index in [-0.39, 0.29) is 11.7 Å². The molecule has 0 aliphatic heterocycles. The molecule has 0 radical (unpaired) electrons. The molecule has 0 saturated heterocycles. The first-order valence-corrected chi connectivity index (χ1v) is 8.88. The molecule has 0 fully saturated rings. The van der Waals surface area contributed by atoms with Gasteiger partial charge in [0.2, 0.25) is 5.91 Å². The van der Waals surface area contributed by atoms with Gasteiger partial charge in [-0.15, -0.1) is 21.5 Å². The summed E-state index contributed by atoms with van der Waals surface area (Å²) in [5.74, 6) is 1.04. The van der Waals surface area contributed by atoms with Crippen molar-refractivity contribution in [2.45, 2.75) is 38.4 Å². The molecule has 0 saturated carbocycles. The maximum Gasteiger partial charge on any atom is 0.235 e. The number of thioether (sulfide) groups is 1. The maximum atomic E-state index is 12.0. The zero-order chi connectivity index (χ0) is 15.9. The fourth-order valence-electron chi connectivity index (χ4n) is 1.92. The van der Waals surface area contributed by atoms with Gasteiger partial charge >= 0.3 is 0 Å². The molecule has 0 unspecified atom stereocenters. The molecule has 6 nitrogen and oxygen atoms in total. The highest BCUT2D eigenvalue weighted by molar-refractivity contribution is 7.99. The third-order valence-electron chi connectivity index (χ3n) is 2.93. The smallest absolute Gasteiger partial charge is 0.235 e. The Hall–Kier alpha value is -1.85. The predicted molar refractivity (Wildman–Crippen MR) is 88.1 cm³/mol. The van der Waals surface area contributed by atoms with Gasteiger partial charge in [0.1, 0.15) is 16.9 Å². The summed E-state index contributed by atoms with van der Waals surface area (Å²) in [7, 11) is 0. The van der Waals surface area contributed by atoms with Gasteiger partial charge in [0, 0.05) is 13.0 Å². The van der Waals surface area contributed by atoms with Crippen molar-refractivity contribution in [1.82, 2.24) is 14.8 Å². The maximum absolute atomic E-state index is 12.0. The van der Waals surface area contributed by atoms with Gasteiger partial charge in [0.05, 0.1) is 11.3 Å². The van der Waals surface area contributed by atoms with Crippen LogP contribution in [-0.4, -0.2) is 26.4 Å². The number of hydrogen-bond acceptors (Lipinski definition) is 6. The molecular formula is C14H17N5OS2. The van der Waals surface area contributed by atoms with Gasteiger partial charge in [-0.05, 0) is 17.9 Å². The van der Waals surface area contributed by atoms with E-state index < -0.39 is 0 Å². The molecule has 2 heterocycles. The first-order valence-electron chi connectivity index (χ1n) is 7.01. The molecule has 1 amide bonds. The Labute approximate surface area is 137 Å². The van der Waals surface area contributed by atoms with Gasteiger partial charge in [0.15, 0.2) is 5.16 Å². The molecule has 116 valence electrons. The zero-order valence-corrected chi connectivity index (χ0v) is 14.1. The fourth-order valence-corrected chi connectivity index (χ4v) is 3.46. The minimum atomic E-state index is -0.145. The summed E-state index contributed by atoms with van der Waals surface area (Å²) in [5.41, 5.74) is 0.491. The number of nitrogens with one attached hydrogen (secondary N) is 1. The number of rotatable bonds is 7. The van der Waals surface area contributed by atoms with Crippen LogP contribution in [0.25, 0.3) is 0 Å².